The molecule has 0 amide bonds. The van der Waals surface area contributed by atoms with E-state index in [4.69, 9.17) is 9.84 Å². The van der Waals surface area contributed by atoms with E-state index in [1.807, 2.05) is 4.72 Å². The largest absolute Gasteiger partial charge is 0.497 e. The topological polar surface area (TPSA) is 92.7 Å². The number of hydrogen-bond donors (Lipinski definition) is 2. The Morgan fingerprint density at radius 1 is 1.28 bits per heavy atom. The van der Waals surface area contributed by atoms with Gasteiger partial charge in [-0.25, -0.2) is 13.2 Å². The highest BCUT2D eigenvalue weighted by atomic mass is 32.2. The number of ether oxygens (including phenoxy) is 1. The van der Waals surface area contributed by atoms with Crippen molar-refractivity contribution in [3.63, 3.8) is 0 Å². The van der Waals surface area contributed by atoms with Crippen LogP contribution in [0, 0.1) is 6.92 Å². The van der Waals surface area contributed by atoms with Crippen LogP contribution in [0.1, 0.15) is 20.8 Å². The predicted octanol–water partition coefficient (Wildman–Crippen LogP) is 3.58. The van der Waals surface area contributed by atoms with Crippen LogP contribution in [0.5, 0.6) is 5.75 Å². The van der Waals surface area contributed by atoms with Gasteiger partial charge in [0.1, 0.15) is 14.8 Å². The van der Waals surface area contributed by atoms with Crippen molar-refractivity contribution in [2.45, 2.75) is 17.3 Å². The maximum Gasteiger partial charge on any atom is 0.418 e. The van der Waals surface area contributed by atoms with Gasteiger partial charge in [0.05, 0.1) is 18.4 Å². The number of aromatic carboxylic acids is 1. The Morgan fingerprint density at radius 3 is 2.40 bits per heavy atom. The molecule has 2 N–H and O–H groups in total. The lowest BCUT2D eigenvalue weighted by Gasteiger charge is -2.15. The highest BCUT2D eigenvalue weighted by Crippen LogP contribution is 2.38. The Balaban J connectivity index is 2.48. The van der Waals surface area contributed by atoms with Crippen LogP contribution < -0.4 is 9.46 Å². The standard InChI is InChI=1S/C14H12F3NO5S2/c1-7-5-11(24-12(7)13(19)20)25(21,22)18-10-4-3-8(23-2)6-9(10)14(15,16)17/h3-6,18H,1-2H3,(H,19,20). The third-order valence-electron chi connectivity index (χ3n) is 3.13. The Morgan fingerprint density at radius 2 is 1.92 bits per heavy atom. The minimum Gasteiger partial charge on any atom is -0.497 e. The number of halogens is 3. The molecule has 136 valence electrons. The number of carboxylic acid groups (broad SMARTS) is 1. The van der Waals surface area contributed by atoms with E-state index in [1.54, 1.807) is 0 Å². The van der Waals surface area contributed by atoms with Crippen molar-refractivity contribution in [3.8, 4) is 5.75 Å². The average molecular weight is 395 g/mol. The van der Waals surface area contributed by atoms with Crippen LogP contribution in [0.15, 0.2) is 28.5 Å². The number of methoxy groups -OCH3 is 1. The summed E-state index contributed by atoms with van der Waals surface area (Å²) in [5, 5.41) is 8.98. The zero-order chi connectivity index (χ0) is 19.0. The summed E-state index contributed by atoms with van der Waals surface area (Å²) in [7, 11) is -3.20. The Kier molecular flexibility index (Phi) is 5.00. The van der Waals surface area contributed by atoms with Gasteiger partial charge in [-0.2, -0.15) is 13.2 Å². The van der Waals surface area contributed by atoms with Gasteiger partial charge in [0.25, 0.3) is 10.0 Å². The molecule has 0 fully saturated rings. The van der Waals surface area contributed by atoms with Gasteiger partial charge in [-0.3, -0.25) is 4.72 Å². The molecule has 1 aromatic heterocycles. The van der Waals surface area contributed by atoms with Crippen molar-refractivity contribution in [2.75, 3.05) is 11.8 Å². The number of rotatable bonds is 5. The molecule has 0 aliphatic rings. The predicted molar refractivity (Wildman–Crippen MR) is 84.8 cm³/mol. The Hall–Kier alpha value is -2.27. The molecule has 0 radical (unpaired) electrons. The van der Waals surface area contributed by atoms with E-state index < -0.39 is 37.6 Å². The van der Waals surface area contributed by atoms with Gasteiger partial charge in [-0.05, 0) is 36.8 Å². The fraction of sp³-hybridized carbons (Fsp3) is 0.214. The summed E-state index contributed by atoms with van der Waals surface area (Å²) in [5.74, 6) is -1.40. The first-order valence-corrected chi connectivity index (χ1v) is 8.87. The summed E-state index contributed by atoms with van der Waals surface area (Å²) in [5.41, 5.74) is -1.71. The number of anilines is 1. The Labute approximate surface area is 144 Å². The molecule has 2 rings (SSSR count). The summed E-state index contributed by atoms with van der Waals surface area (Å²) < 4.78 is 70.3. The summed E-state index contributed by atoms with van der Waals surface area (Å²) >= 11 is 0.459. The first kappa shape index (κ1) is 19.1. The van der Waals surface area contributed by atoms with Crippen LogP contribution in [0.25, 0.3) is 0 Å². The molecule has 1 aromatic carbocycles. The van der Waals surface area contributed by atoms with Crippen molar-refractivity contribution in [1.82, 2.24) is 0 Å². The van der Waals surface area contributed by atoms with Gasteiger partial charge in [0.2, 0.25) is 0 Å². The summed E-state index contributed by atoms with van der Waals surface area (Å²) in [6.45, 7) is 1.40. The molecule has 1 heterocycles. The molecule has 0 bridgehead atoms. The maximum absolute atomic E-state index is 13.2. The van der Waals surface area contributed by atoms with E-state index in [0.717, 1.165) is 12.1 Å². The minimum absolute atomic E-state index is 0.0876. The van der Waals surface area contributed by atoms with E-state index >= 15 is 0 Å². The first-order chi connectivity index (χ1) is 11.5. The zero-order valence-electron chi connectivity index (χ0n) is 12.8. The first-order valence-electron chi connectivity index (χ1n) is 6.57. The number of benzene rings is 1. The molecular formula is C14H12F3NO5S2. The van der Waals surface area contributed by atoms with Crippen LogP contribution in [0.4, 0.5) is 18.9 Å². The molecule has 25 heavy (non-hydrogen) atoms. The highest BCUT2D eigenvalue weighted by molar-refractivity contribution is 7.94. The monoisotopic (exact) mass is 395 g/mol. The number of carboxylic acids is 1. The lowest BCUT2D eigenvalue weighted by Crippen LogP contribution is -2.16. The second-order valence-electron chi connectivity index (χ2n) is 4.90. The molecule has 0 aliphatic carbocycles. The number of thiophene rings is 1. The molecule has 0 atom stereocenters. The fourth-order valence-corrected chi connectivity index (χ4v) is 4.42. The van der Waals surface area contributed by atoms with Crippen LogP contribution in [-0.4, -0.2) is 26.6 Å². The van der Waals surface area contributed by atoms with Gasteiger partial charge in [0.15, 0.2) is 0 Å². The van der Waals surface area contributed by atoms with Crippen LogP contribution >= 0.6 is 11.3 Å². The Bertz CT molecular complexity index is 919. The van der Waals surface area contributed by atoms with Gasteiger partial charge in [0, 0.05) is 0 Å². The molecule has 0 spiro atoms. The second kappa shape index (κ2) is 6.56. The van der Waals surface area contributed by atoms with E-state index in [-0.39, 0.29) is 16.2 Å². The van der Waals surface area contributed by atoms with Crippen molar-refractivity contribution in [1.29, 1.82) is 0 Å². The van der Waals surface area contributed by atoms with Crippen molar-refractivity contribution in [2.24, 2.45) is 0 Å². The lowest BCUT2D eigenvalue weighted by atomic mass is 10.1. The number of hydrogen-bond acceptors (Lipinski definition) is 5. The van der Waals surface area contributed by atoms with Crippen molar-refractivity contribution in [3.05, 3.63) is 40.3 Å². The maximum atomic E-state index is 13.2. The minimum atomic E-state index is -4.82. The number of nitrogens with one attached hydrogen (secondary N) is 1. The van der Waals surface area contributed by atoms with E-state index in [0.29, 0.717) is 17.4 Å². The molecule has 6 nitrogen and oxygen atoms in total. The number of sulfonamides is 1. The molecule has 11 heteroatoms. The average Bonchev–Trinajstić information content (AvgIpc) is 2.89. The lowest BCUT2D eigenvalue weighted by molar-refractivity contribution is -0.137. The molecule has 0 aliphatic heterocycles. The van der Waals surface area contributed by atoms with Gasteiger partial charge >= 0.3 is 12.1 Å². The third-order valence-corrected chi connectivity index (χ3v) is 6.19. The number of alkyl halides is 3. The molecule has 2 aromatic rings. The van der Waals surface area contributed by atoms with Gasteiger partial charge in [-0.1, -0.05) is 0 Å². The van der Waals surface area contributed by atoms with Crippen LogP contribution in [0.2, 0.25) is 0 Å². The fourth-order valence-electron chi connectivity index (χ4n) is 1.97. The number of carbonyl (C=O) groups is 1. The molecule has 0 saturated carbocycles. The number of aryl methyl sites for hydroxylation is 1. The smallest absolute Gasteiger partial charge is 0.418 e. The third kappa shape index (κ3) is 4.04. The molecular weight excluding hydrogens is 383 g/mol. The van der Waals surface area contributed by atoms with E-state index in [2.05, 4.69) is 0 Å². The summed E-state index contributed by atoms with van der Waals surface area (Å²) in [4.78, 5) is 10.8. The summed E-state index contributed by atoms with van der Waals surface area (Å²) in [6, 6.07) is 3.86. The van der Waals surface area contributed by atoms with Gasteiger partial charge < -0.3 is 9.84 Å². The van der Waals surface area contributed by atoms with Crippen LogP contribution in [-0.2, 0) is 16.2 Å². The highest BCUT2D eigenvalue weighted by Gasteiger charge is 2.35. The van der Waals surface area contributed by atoms with Crippen LogP contribution in [0.3, 0.4) is 0 Å². The molecule has 0 saturated heterocycles. The SMILES string of the molecule is COc1ccc(NS(=O)(=O)c2cc(C)c(C(=O)O)s2)c(C(F)(F)F)c1. The quantitative estimate of drug-likeness (QED) is 0.807. The second-order valence-corrected chi connectivity index (χ2v) is 7.86. The molecule has 0 unspecified atom stereocenters. The summed E-state index contributed by atoms with van der Waals surface area (Å²) in [6.07, 6.45) is -4.82. The van der Waals surface area contributed by atoms with E-state index in [9.17, 15) is 26.4 Å². The zero-order valence-corrected chi connectivity index (χ0v) is 14.5. The van der Waals surface area contributed by atoms with Gasteiger partial charge in [-0.15, -0.1) is 11.3 Å². The van der Waals surface area contributed by atoms with Crippen molar-refractivity contribution >= 4 is 33.0 Å². The van der Waals surface area contributed by atoms with E-state index in [1.165, 1.54) is 20.1 Å². The van der Waals surface area contributed by atoms with Crippen molar-refractivity contribution < 1.29 is 36.2 Å². The normalized spacial score (nSPS) is 12.0.